The second-order valence-corrected chi connectivity index (χ2v) is 4.62. The summed E-state index contributed by atoms with van der Waals surface area (Å²) in [6, 6.07) is 0. The molecule has 6 nitrogen and oxygen atoms in total. The van der Waals surface area contributed by atoms with E-state index in [0.29, 0.717) is 34.2 Å². The SMILES string of the molecule is COCc1nc(-c2c(C)noc2C)nc(N)c1Br. The number of aryl methyl sites for hydroxylation is 2. The molecule has 0 atom stereocenters. The topological polar surface area (TPSA) is 87.1 Å². The lowest BCUT2D eigenvalue weighted by Crippen LogP contribution is -2.04. The first-order valence-corrected chi connectivity index (χ1v) is 6.08. The Morgan fingerprint density at radius 2 is 2.06 bits per heavy atom. The van der Waals surface area contributed by atoms with Crippen LogP contribution in [-0.4, -0.2) is 22.2 Å². The van der Waals surface area contributed by atoms with Gasteiger partial charge in [-0.05, 0) is 29.8 Å². The Labute approximate surface area is 113 Å². The molecular formula is C11H13BrN4O2. The Balaban J connectivity index is 2.59. The van der Waals surface area contributed by atoms with Crippen molar-refractivity contribution in [3.63, 3.8) is 0 Å². The monoisotopic (exact) mass is 312 g/mol. The van der Waals surface area contributed by atoms with Gasteiger partial charge < -0.3 is 15.0 Å². The van der Waals surface area contributed by atoms with E-state index in [2.05, 4.69) is 31.1 Å². The van der Waals surface area contributed by atoms with Crippen LogP contribution in [0.5, 0.6) is 0 Å². The average Bonchev–Trinajstić information content (AvgIpc) is 2.65. The van der Waals surface area contributed by atoms with E-state index in [9.17, 15) is 0 Å². The van der Waals surface area contributed by atoms with Crippen LogP contribution in [0, 0.1) is 13.8 Å². The molecule has 0 bridgehead atoms. The summed E-state index contributed by atoms with van der Waals surface area (Å²) in [7, 11) is 1.60. The predicted molar refractivity (Wildman–Crippen MR) is 69.8 cm³/mol. The van der Waals surface area contributed by atoms with Crippen molar-refractivity contribution >= 4 is 21.7 Å². The first-order valence-electron chi connectivity index (χ1n) is 5.28. The highest BCUT2D eigenvalue weighted by molar-refractivity contribution is 9.10. The van der Waals surface area contributed by atoms with Crippen molar-refractivity contribution in [2.24, 2.45) is 0 Å². The molecule has 2 heterocycles. The third kappa shape index (κ3) is 2.23. The van der Waals surface area contributed by atoms with Gasteiger partial charge in [0.25, 0.3) is 0 Å². The van der Waals surface area contributed by atoms with Crippen LogP contribution >= 0.6 is 15.9 Å². The second-order valence-electron chi connectivity index (χ2n) is 3.83. The lowest BCUT2D eigenvalue weighted by atomic mass is 10.2. The van der Waals surface area contributed by atoms with Gasteiger partial charge in [0.15, 0.2) is 5.82 Å². The van der Waals surface area contributed by atoms with Gasteiger partial charge in [0.1, 0.15) is 11.6 Å². The number of anilines is 1. The number of halogens is 1. The molecule has 0 spiro atoms. The second kappa shape index (κ2) is 5.03. The molecule has 0 radical (unpaired) electrons. The van der Waals surface area contributed by atoms with Crippen molar-refractivity contribution in [3.8, 4) is 11.4 Å². The molecule has 0 aliphatic rings. The molecule has 7 heteroatoms. The largest absolute Gasteiger partial charge is 0.383 e. The third-order valence-electron chi connectivity index (χ3n) is 2.48. The summed E-state index contributed by atoms with van der Waals surface area (Å²) in [5.41, 5.74) is 8.05. The minimum absolute atomic E-state index is 0.351. The van der Waals surface area contributed by atoms with Gasteiger partial charge in [-0.2, -0.15) is 0 Å². The molecule has 0 saturated heterocycles. The van der Waals surface area contributed by atoms with Gasteiger partial charge >= 0.3 is 0 Å². The third-order valence-corrected chi connectivity index (χ3v) is 3.35. The maximum absolute atomic E-state index is 5.85. The molecule has 0 aliphatic carbocycles. The van der Waals surface area contributed by atoms with Crippen LogP contribution in [0.2, 0.25) is 0 Å². The number of rotatable bonds is 3. The first-order chi connectivity index (χ1) is 8.54. The molecule has 2 aromatic heterocycles. The van der Waals surface area contributed by atoms with Crippen molar-refractivity contribution in [3.05, 3.63) is 21.6 Å². The molecule has 0 aliphatic heterocycles. The van der Waals surface area contributed by atoms with Crippen LogP contribution < -0.4 is 5.73 Å². The molecule has 0 unspecified atom stereocenters. The molecule has 0 saturated carbocycles. The molecule has 96 valence electrons. The fourth-order valence-electron chi connectivity index (χ4n) is 1.66. The highest BCUT2D eigenvalue weighted by Crippen LogP contribution is 2.28. The highest BCUT2D eigenvalue weighted by atomic mass is 79.9. The van der Waals surface area contributed by atoms with Gasteiger partial charge in [0.05, 0.1) is 28.0 Å². The summed E-state index contributed by atoms with van der Waals surface area (Å²) in [6.45, 7) is 4.00. The fourth-order valence-corrected chi connectivity index (χ4v) is 1.95. The van der Waals surface area contributed by atoms with Crippen molar-refractivity contribution in [2.75, 3.05) is 12.8 Å². The fraction of sp³-hybridized carbons (Fsp3) is 0.364. The zero-order valence-electron chi connectivity index (χ0n) is 10.3. The summed E-state index contributed by atoms with van der Waals surface area (Å²) >= 11 is 3.35. The van der Waals surface area contributed by atoms with Gasteiger partial charge in [0.2, 0.25) is 0 Å². The van der Waals surface area contributed by atoms with Crippen LogP contribution in [0.15, 0.2) is 9.00 Å². The van der Waals surface area contributed by atoms with Crippen LogP contribution in [-0.2, 0) is 11.3 Å². The smallest absolute Gasteiger partial charge is 0.167 e. The van der Waals surface area contributed by atoms with Gasteiger partial charge in [-0.1, -0.05) is 5.16 Å². The van der Waals surface area contributed by atoms with Crippen LogP contribution in [0.1, 0.15) is 17.1 Å². The van der Waals surface area contributed by atoms with E-state index in [1.807, 2.05) is 13.8 Å². The number of nitrogens with zero attached hydrogens (tertiary/aromatic N) is 3. The lowest BCUT2D eigenvalue weighted by molar-refractivity contribution is 0.181. The zero-order chi connectivity index (χ0) is 13.3. The van der Waals surface area contributed by atoms with Crippen molar-refractivity contribution in [1.82, 2.24) is 15.1 Å². The average molecular weight is 313 g/mol. The Bertz CT molecular complexity index is 563. The van der Waals surface area contributed by atoms with Gasteiger partial charge in [-0.25, -0.2) is 9.97 Å². The Morgan fingerprint density at radius 1 is 1.33 bits per heavy atom. The number of ether oxygens (including phenoxy) is 1. The lowest BCUT2D eigenvalue weighted by Gasteiger charge is -2.07. The van der Waals surface area contributed by atoms with Gasteiger partial charge in [-0.15, -0.1) is 0 Å². The number of nitrogens with two attached hydrogens (primary N) is 1. The van der Waals surface area contributed by atoms with Crippen molar-refractivity contribution in [2.45, 2.75) is 20.5 Å². The van der Waals surface area contributed by atoms with Crippen LogP contribution in [0.4, 0.5) is 5.82 Å². The number of nitrogen functional groups attached to an aromatic ring is 1. The maximum atomic E-state index is 5.85. The molecule has 2 N–H and O–H groups in total. The van der Waals surface area contributed by atoms with Crippen molar-refractivity contribution < 1.29 is 9.26 Å². The van der Waals surface area contributed by atoms with Crippen LogP contribution in [0.25, 0.3) is 11.4 Å². The number of methoxy groups -OCH3 is 1. The normalized spacial score (nSPS) is 10.9. The van der Waals surface area contributed by atoms with E-state index in [4.69, 9.17) is 15.0 Å². The van der Waals surface area contributed by atoms with E-state index < -0.39 is 0 Å². The Hall–Kier alpha value is -1.47. The van der Waals surface area contributed by atoms with E-state index >= 15 is 0 Å². The summed E-state index contributed by atoms with van der Waals surface area (Å²) in [5, 5.41) is 3.88. The Kier molecular flexibility index (Phi) is 3.63. The first kappa shape index (κ1) is 13.0. The summed E-state index contributed by atoms with van der Waals surface area (Å²) in [5.74, 6) is 1.53. The molecular weight excluding hydrogens is 300 g/mol. The van der Waals surface area contributed by atoms with E-state index in [0.717, 1.165) is 11.3 Å². The molecule has 2 aromatic rings. The molecule has 0 amide bonds. The highest BCUT2D eigenvalue weighted by Gasteiger charge is 2.17. The van der Waals surface area contributed by atoms with Crippen molar-refractivity contribution in [1.29, 1.82) is 0 Å². The summed E-state index contributed by atoms with van der Waals surface area (Å²) in [6.07, 6.45) is 0. The quantitative estimate of drug-likeness (QED) is 0.935. The Morgan fingerprint density at radius 3 is 2.61 bits per heavy atom. The van der Waals surface area contributed by atoms with Crippen LogP contribution in [0.3, 0.4) is 0 Å². The summed E-state index contributed by atoms with van der Waals surface area (Å²) in [4.78, 5) is 8.67. The van der Waals surface area contributed by atoms with E-state index in [-0.39, 0.29) is 0 Å². The maximum Gasteiger partial charge on any atom is 0.167 e. The van der Waals surface area contributed by atoms with Gasteiger partial charge in [0, 0.05) is 7.11 Å². The predicted octanol–water partition coefficient (Wildman–Crippen LogP) is 2.24. The summed E-state index contributed by atoms with van der Waals surface area (Å²) < 4.78 is 10.8. The number of hydrogen-bond donors (Lipinski definition) is 1. The molecule has 0 fully saturated rings. The molecule has 2 rings (SSSR count). The minimum Gasteiger partial charge on any atom is -0.383 e. The molecule has 18 heavy (non-hydrogen) atoms. The van der Waals surface area contributed by atoms with E-state index in [1.165, 1.54) is 0 Å². The number of aromatic nitrogens is 3. The standard InChI is InChI=1S/C11H13BrN4O2/c1-5-8(6(2)18-16-5)11-14-7(4-17-3)9(12)10(13)15-11/h4H2,1-3H3,(H2,13,14,15). The number of hydrogen-bond acceptors (Lipinski definition) is 6. The zero-order valence-corrected chi connectivity index (χ0v) is 11.9. The van der Waals surface area contributed by atoms with E-state index in [1.54, 1.807) is 7.11 Å². The molecule has 0 aromatic carbocycles. The minimum atomic E-state index is 0.351. The van der Waals surface area contributed by atoms with Gasteiger partial charge in [-0.3, -0.25) is 0 Å².